The van der Waals surface area contributed by atoms with Crippen LogP contribution in [0.25, 0.3) is 0 Å². The van der Waals surface area contributed by atoms with E-state index in [1.807, 2.05) is 26.0 Å². The minimum atomic E-state index is -0.565. The van der Waals surface area contributed by atoms with Gasteiger partial charge in [-0.05, 0) is 26.0 Å². The van der Waals surface area contributed by atoms with Gasteiger partial charge in [0.1, 0.15) is 11.3 Å². The number of ether oxygens (including phenoxy) is 2. The van der Waals surface area contributed by atoms with E-state index in [1.165, 1.54) is 0 Å². The van der Waals surface area contributed by atoms with Crippen LogP contribution < -0.4 is 4.74 Å². The number of hydrogen-bond donors (Lipinski definition) is 0. The summed E-state index contributed by atoms with van der Waals surface area (Å²) in [6.45, 7) is 3.94. The van der Waals surface area contributed by atoms with E-state index in [2.05, 4.69) is 0 Å². The molecule has 0 amide bonds. The topological polar surface area (TPSA) is 52.6 Å². The van der Waals surface area contributed by atoms with Crippen LogP contribution in [0.1, 0.15) is 33.2 Å². The van der Waals surface area contributed by atoms with Crippen LogP contribution in [0.4, 0.5) is 0 Å². The number of Topliss-reactive ketones (excluding diaryl/α,β-unsaturated/α-hetero) is 1. The SMILES string of the molecule is CCOc1ccccc1C(=O)OCC(=O)c1ccc(C)cc1. The van der Waals surface area contributed by atoms with Gasteiger partial charge >= 0.3 is 5.97 Å². The highest BCUT2D eigenvalue weighted by atomic mass is 16.5. The average Bonchev–Trinajstić information content (AvgIpc) is 2.54. The second-order valence-corrected chi connectivity index (χ2v) is 4.79. The van der Waals surface area contributed by atoms with Gasteiger partial charge in [0.2, 0.25) is 0 Å². The van der Waals surface area contributed by atoms with Gasteiger partial charge in [-0.3, -0.25) is 4.79 Å². The molecule has 0 fully saturated rings. The molecule has 0 aliphatic rings. The third-order valence-electron chi connectivity index (χ3n) is 3.11. The number of rotatable bonds is 6. The molecule has 4 nitrogen and oxygen atoms in total. The molecule has 4 heteroatoms. The van der Waals surface area contributed by atoms with Crippen molar-refractivity contribution in [2.24, 2.45) is 0 Å². The monoisotopic (exact) mass is 298 g/mol. The van der Waals surface area contributed by atoms with Gasteiger partial charge in [-0.25, -0.2) is 4.79 Å². The van der Waals surface area contributed by atoms with E-state index < -0.39 is 5.97 Å². The van der Waals surface area contributed by atoms with Crippen LogP contribution in [-0.4, -0.2) is 25.0 Å². The number of benzene rings is 2. The number of esters is 1. The van der Waals surface area contributed by atoms with Gasteiger partial charge in [0.05, 0.1) is 6.61 Å². The second kappa shape index (κ2) is 7.41. The van der Waals surface area contributed by atoms with Gasteiger partial charge in [-0.15, -0.1) is 0 Å². The number of ketones is 1. The molecule has 0 N–H and O–H groups in total. The maximum Gasteiger partial charge on any atom is 0.342 e. The largest absolute Gasteiger partial charge is 0.493 e. The molecule has 0 unspecified atom stereocenters. The molecule has 0 aromatic heterocycles. The zero-order chi connectivity index (χ0) is 15.9. The average molecular weight is 298 g/mol. The Labute approximate surface area is 129 Å². The van der Waals surface area contributed by atoms with Gasteiger partial charge in [-0.1, -0.05) is 42.0 Å². The highest BCUT2D eigenvalue weighted by molar-refractivity contribution is 5.99. The van der Waals surface area contributed by atoms with Crippen LogP contribution in [0.5, 0.6) is 5.75 Å². The van der Waals surface area contributed by atoms with Crippen LogP contribution in [0, 0.1) is 6.92 Å². The van der Waals surface area contributed by atoms with E-state index in [4.69, 9.17) is 9.47 Å². The molecule has 0 aliphatic heterocycles. The predicted octanol–water partition coefficient (Wildman–Crippen LogP) is 3.43. The lowest BCUT2D eigenvalue weighted by Gasteiger charge is -2.09. The maximum absolute atomic E-state index is 12.1. The van der Waals surface area contributed by atoms with Crippen molar-refractivity contribution in [3.63, 3.8) is 0 Å². The predicted molar refractivity (Wildman–Crippen MR) is 83.4 cm³/mol. The van der Waals surface area contributed by atoms with Crippen molar-refractivity contribution in [2.45, 2.75) is 13.8 Å². The molecule has 114 valence electrons. The van der Waals surface area contributed by atoms with Gasteiger partial charge in [-0.2, -0.15) is 0 Å². The third kappa shape index (κ3) is 3.95. The van der Waals surface area contributed by atoms with Gasteiger partial charge in [0, 0.05) is 5.56 Å². The van der Waals surface area contributed by atoms with E-state index >= 15 is 0 Å². The number of carbonyl (C=O) groups excluding carboxylic acids is 2. The maximum atomic E-state index is 12.1. The van der Waals surface area contributed by atoms with Crippen LogP contribution in [0.3, 0.4) is 0 Å². The van der Waals surface area contributed by atoms with Crippen LogP contribution in [0.2, 0.25) is 0 Å². The quantitative estimate of drug-likeness (QED) is 0.605. The molecule has 0 bridgehead atoms. The highest BCUT2D eigenvalue weighted by Crippen LogP contribution is 2.19. The molecular formula is C18H18O4. The number of carbonyl (C=O) groups is 2. The molecule has 0 saturated carbocycles. The molecule has 0 atom stereocenters. The standard InChI is InChI=1S/C18H18O4/c1-3-21-17-7-5-4-6-15(17)18(20)22-12-16(19)14-10-8-13(2)9-11-14/h4-11H,3,12H2,1-2H3. The summed E-state index contributed by atoms with van der Waals surface area (Å²) in [6, 6.07) is 13.9. The Kier molecular flexibility index (Phi) is 5.31. The first-order valence-electron chi connectivity index (χ1n) is 7.10. The third-order valence-corrected chi connectivity index (χ3v) is 3.11. The summed E-state index contributed by atoms with van der Waals surface area (Å²) in [5, 5.41) is 0. The summed E-state index contributed by atoms with van der Waals surface area (Å²) in [4.78, 5) is 24.1. The summed E-state index contributed by atoms with van der Waals surface area (Å²) < 4.78 is 10.5. The summed E-state index contributed by atoms with van der Waals surface area (Å²) in [5.41, 5.74) is 1.91. The van der Waals surface area contributed by atoms with Crippen molar-refractivity contribution in [1.82, 2.24) is 0 Å². The smallest absolute Gasteiger partial charge is 0.342 e. The molecule has 2 aromatic rings. The molecule has 0 heterocycles. The Hall–Kier alpha value is -2.62. The Morgan fingerprint density at radius 1 is 1.00 bits per heavy atom. The van der Waals surface area contributed by atoms with Crippen molar-refractivity contribution in [2.75, 3.05) is 13.2 Å². The molecule has 0 radical (unpaired) electrons. The summed E-state index contributed by atoms with van der Waals surface area (Å²) >= 11 is 0. The first-order valence-corrected chi connectivity index (χ1v) is 7.10. The first-order chi connectivity index (χ1) is 10.6. The fourth-order valence-electron chi connectivity index (χ4n) is 1.95. The van der Waals surface area contributed by atoms with Gasteiger partial charge in [0.25, 0.3) is 0 Å². The summed E-state index contributed by atoms with van der Waals surface area (Å²) in [5.74, 6) is -0.343. The molecule has 2 rings (SSSR count). The summed E-state index contributed by atoms with van der Waals surface area (Å²) in [6.07, 6.45) is 0. The number of hydrogen-bond acceptors (Lipinski definition) is 4. The Bertz CT molecular complexity index is 659. The van der Waals surface area contributed by atoms with E-state index in [0.717, 1.165) is 5.56 Å². The van der Waals surface area contributed by atoms with Gasteiger partial charge in [0.15, 0.2) is 12.4 Å². The van der Waals surface area contributed by atoms with Crippen molar-refractivity contribution in [3.05, 3.63) is 65.2 Å². The van der Waals surface area contributed by atoms with Crippen LogP contribution in [-0.2, 0) is 4.74 Å². The molecule has 0 spiro atoms. The van der Waals surface area contributed by atoms with Crippen molar-refractivity contribution >= 4 is 11.8 Å². The molecule has 0 saturated heterocycles. The van der Waals surface area contributed by atoms with Crippen molar-refractivity contribution < 1.29 is 19.1 Å². The molecule has 22 heavy (non-hydrogen) atoms. The Balaban J connectivity index is 2.01. The van der Waals surface area contributed by atoms with Crippen molar-refractivity contribution in [3.8, 4) is 5.75 Å². The minimum absolute atomic E-state index is 0.234. The molecule has 2 aromatic carbocycles. The zero-order valence-electron chi connectivity index (χ0n) is 12.7. The zero-order valence-corrected chi connectivity index (χ0v) is 12.7. The van der Waals surface area contributed by atoms with E-state index in [1.54, 1.807) is 36.4 Å². The fourth-order valence-corrected chi connectivity index (χ4v) is 1.95. The van der Waals surface area contributed by atoms with Crippen LogP contribution >= 0.6 is 0 Å². The highest BCUT2D eigenvalue weighted by Gasteiger charge is 2.15. The first kappa shape index (κ1) is 15.8. The lowest BCUT2D eigenvalue weighted by Crippen LogP contribution is -2.15. The lowest BCUT2D eigenvalue weighted by molar-refractivity contribution is 0.0471. The van der Waals surface area contributed by atoms with E-state index in [0.29, 0.717) is 23.5 Å². The van der Waals surface area contributed by atoms with Crippen LogP contribution in [0.15, 0.2) is 48.5 Å². The normalized spacial score (nSPS) is 10.1. The fraction of sp³-hybridized carbons (Fsp3) is 0.222. The number of para-hydroxylation sites is 1. The Morgan fingerprint density at radius 3 is 2.36 bits per heavy atom. The summed E-state index contributed by atoms with van der Waals surface area (Å²) in [7, 11) is 0. The Morgan fingerprint density at radius 2 is 1.68 bits per heavy atom. The molecule has 0 aliphatic carbocycles. The lowest BCUT2D eigenvalue weighted by atomic mass is 10.1. The van der Waals surface area contributed by atoms with E-state index in [-0.39, 0.29) is 12.4 Å². The van der Waals surface area contributed by atoms with E-state index in [9.17, 15) is 9.59 Å². The van der Waals surface area contributed by atoms with Crippen molar-refractivity contribution in [1.29, 1.82) is 0 Å². The minimum Gasteiger partial charge on any atom is -0.493 e. The van der Waals surface area contributed by atoms with Gasteiger partial charge < -0.3 is 9.47 Å². The second-order valence-electron chi connectivity index (χ2n) is 4.79. The number of aryl methyl sites for hydroxylation is 1. The molecular weight excluding hydrogens is 280 g/mol.